The summed E-state index contributed by atoms with van der Waals surface area (Å²) in [4.78, 5) is 52.7. The molecule has 2 rings (SSSR count). The van der Waals surface area contributed by atoms with Crippen LogP contribution in [0.2, 0.25) is 0 Å². The van der Waals surface area contributed by atoms with Crippen molar-refractivity contribution in [3.8, 4) is 0 Å². The van der Waals surface area contributed by atoms with Crippen molar-refractivity contribution in [2.24, 2.45) is 0 Å². The van der Waals surface area contributed by atoms with Crippen LogP contribution < -0.4 is 0 Å². The van der Waals surface area contributed by atoms with Gasteiger partial charge in [0.25, 0.3) is 0 Å². The predicted octanol–water partition coefficient (Wildman–Crippen LogP) is 5.28. The number of benzene rings is 2. The standard InChI is InChI=1S/C26H28Cl2O8S2/c1-33-21(29)25(22(30)34-2,15-19(27)17-11-7-5-8-12-17)37-38-26(23(31)35-3,24(32)36-4)16-20(28)18-13-9-6-10-14-18/h5-14,19-20H,15-16H2,1-4H3/t19-,20-/m1/s1. The normalized spacial score (nSPS) is 13.1. The summed E-state index contributed by atoms with van der Waals surface area (Å²) in [5.74, 6) is -3.90. The van der Waals surface area contributed by atoms with Crippen LogP contribution in [0.4, 0.5) is 0 Å². The van der Waals surface area contributed by atoms with Crippen LogP contribution in [0.25, 0.3) is 0 Å². The molecule has 0 heterocycles. The molecule has 0 saturated heterocycles. The summed E-state index contributed by atoms with van der Waals surface area (Å²) in [7, 11) is 5.65. The first kappa shape index (κ1) is 31.8. The number of alkyl halides is 2. The van der Waals surface area contributed by atoms with E-state index >= 15 is 0 Å². The van der Waals surface area contributed by atoms with E-state index in [1.165, 1.54) is 0 Å². The molecule has 0 N–H and O–H groups in total. The zero-order valence-electron chi connectivity index (χ0n) is 21.2. The third-order valence-corrected chi connectivity index (χ3v) is 10.1. The smallest absolute Gasteiger partial charge is 0.334 e. The van der Waals surface area contributed by atoms with Gasteiger partial charge < -0.3 is 18.9 Å². The van der Waals surface area contributed by atoms with Gasteiger partial charge in [-0.15, -0.1) is 23.2 Å². The van der Waals surface area contributed by atoms with Gasteiger partial charge in [0.2, 0.25) is 9.49 Å². The number of hydrogen-bond donors (Lipinski definition) is 0. The molecule has 0 fully saturated rings. The van der Waals surface area contributed by atoms with Crippen LogP contribution in [-0.4, -0.2) is 61.8 Å². The minimum atomic E-state index is -2.07. The Kier molecular flexibility index (Phi) is 12.3. The second-order valence-electron chi connectivity index (χ2n) is 7.95. The second kappa shape index (κ2) is 14.7. The molecule has 0 aromatic heterocycles. The lowest BCUT2D eigenvalue weighted by molar-refractivity contribution is -0.158. The minimum absolute atomic E-state index is 0.281. The van der Waals surface area contributed by atoms with Crippen molar-refractivity contribution in [2.45, 2.75) is 33.1 Å². The topological polar surface area (TPSA) is 105 Å². The third kappa shape index (κ3) is 7.16. The van der Waals surface area contributed by atoms with Crippen molar-refractivity contribution in [1.29, 1.82) is 0 Å². The molecular weight excluding hydrogens is 575 g/mol. The van der Waals surface area contributed by atoms with Crippen molar-refractivity contribution in [1.82, 2.24) is 0 Å². The number of esters is 4. The summed E-state index contributed by atoms with van der Waals surface area (Å²) in [5.41, 5.74) is 1.27. The fourth-order valence-corrected chi connectivity index (χ4v) is 7.94. The lowest BCUT2D eigenvalue weighted by Gasteiger charge is -2.34. The quantitative estimate of drug-likeness (QED) is 0.0988. The number of methoxy groups -OCH3 is 4. The largest absolute Gasteiger partial charge is 0.468 e. The fraction of sp³-hybridized carbons (Fsp3) is 0.385. The first-order chi connectivity index (χ1) is 18.1. The lowest BCUT2D eigenvalue weighted by atomic mass is 9.98. The molecule has 8 nitrogen and oxygen atoms in total. The summed E-state index contributed by atoms with van der Waals surface area (Å²) in [6, 6.07) is 17.6. The average molecular weight is 604 g/mol. The molecule has 0 bridgehead atoms. The Bertz CT molecular complexity index is 981. The summed E-state index contributed by atoms with van der Waals surface area (Å²) < 4.78 is 15.8. The van der Waals surface area contributed by atoms with E-state index in [4.69, 9.17) is 42.1 Å². The van der Waals surface area contributed by atoms with Gasteiger partial charge in [-0.2, -0.15) is 0 Å². The van der Waals surface area contributed by atoms with Crippen molar-refractivity contribution >= 4 is 68.7 Å². The van der Waals surface area contributed by atoms with E-state index in [1.807, 2.05) is 0 Å². The number of ether oxygens (including phenoxy) is 4. The average Bonchev–Trinajstić information content (AvgIpc) is 2.97. The fourth-order valence-electron chi connectivity index (χ4n) is 3.57. The first-order valence-corrected chi connectivity index (χ1v) is 14.2. The van der Waals surface area contributed by atoms with Gasteiger partial charge in [-0.05, 0) is 11.1 Å². The number of halogens is 2. The van der Waals surface area contributed by atoms with Crippen LogP contribution in [0.1, 0.15) is 34.7 Å². The van der Waals surface area contributed by atoms with Gasteiger partial charge in [0.15, 0.2) is 0 Å². The van der Waals surface area contributed by atoms with Crippen LogP contribution in [0.5, 0.6) is 0 Å². The zero-order chi connectivity index (χ0) is 28.3. The summed E-state index contributed by atoms with van der Waals surface area (Å²) in [5, 5.41) is -1.67. The molecule has 0 amide bonds. The summed E-state index contributed by atoms with van der Waals surface area (Å²) in [6.07, 6.45) is -0.562. The maximum absolute atomic E-state index is 13.2. The van der Waals surface area contributed by atoms with Crippen molar-refractivity contribution in [3.05, 3.63) is 71.8 Å². The van der Waals surface area contributed by atoms with E-state index in [0.29, 0.717) is 32.7 Å². The molecule has 0 aliphatic rings. The molecule has 38 heavy (non-hydrogen) atoms. The molecule has 2 aromatic carbocycles. The zero-order valence-corrected chi connectivity index (χ0v) is 24.3. The van der Waals surface area contributed by atoms with Gasteiger partial charge in [-0.1, -0.05) is 82.3 Å². The molecule has 2 aromatic rings. The molecule has 206 valence electrons. The Morgan fingerprint density at radius 3 is 1.11 bits per heavy atom. The molecule has 0 saturated carbocycles. The van der Waals surface area contributed by atoms with Crippen LogP contribution in [-0.2, 0) is 38.1 Å². The highest BCUT2D eigenvalue weighted by atomic mass is 35.5. The van der Waals surface area contributed by atoms with Gasteiger partial charge >= 0.3 is 23.9 Å². The van der Waals surface area contributed by atoms with E-state index < -0.39 is 44.1 Å². The van der Waals surface area contributed by atoms with Crippen molar-refractivity contribution in [3.63, 3.8) is 0 Å². The highest BCUT2D eigenvalue weighted by Crippen LogP contribution is 2.53. The third-order valence-electron chi connectivity index (χ3n) is 5.64. The molecule has 0 aliphatic heterocycles. The van der Waals surface area contributed by atoms with Crippen molar-refractivity contribution < 1.29 is 38.1 Å². The van der Waals surface area contributed by atoms with Gasteiger partial charge in [0.05, 0.1) is 39.2 Å². The van der Waals surface area contributed by atoms with Crippen LogP contribution in [0.15, 0.2) is 60.7 Å². The molecular formula is C26H28Cl2O8S2. The Morgan fingerprint density at radius 1 is 0.605 bits per heavy atom. The van der Waals surface area contributed by atoms with E-state index in [2.05, 4.69) is 0 Å². The number of hydrogen-bond acceptors (Lipinski definition) is 10. The Hall–Kier alpha value is -2.40. The minimum Gasteiger partial charge on any atom is -0.468 e. The van der Waals surface area contributed by atoms with Gasteiger partial charge in [0.1, 0.15) is 0 Å². The van der Waals surface area contributed by atoms with E-state index in [-0.39, 0.29) is 12.8 Å². The SMILES string of the molecule is COC(=O)C(C[C@@H](Cl)c1ccccc1)(SSC(C[C@@H](Cl)c1ccccc1)(C(=O)OC)C(=O)OC)C(=O)OC. The summed E-state index contributed by atoms with van der Waals surface area (Å²) >= 11 is 13.3. The van der Waals surface area contributed by atoms with Crippen molar-refractivity contribution in [2.75, 3.05) is 28.4 Å². The van der Waals surface area contributed by atoms with Crippen LogP contribution in [0, 0.1) is 0 Å². The molecule has 0 unspecified atom stereocenters. The monoisotopic (exact) mass is 602 g/mol. The number of carbonyl (C=O) groups excluding carboxylic acids is 4. The van der Waals surface area contributed by atoms with Crippen LogP contribution >= 0.6 is 44.8 Å². The predicted molar refractivity (Wildman–Crippen MR) is 148 cm³/mol. The van der Waals surface area contributed by atoms with E-state index in [9.17, 15) is 19.2 Å². The van der Waals surface area contributed by atoms with E-state index in [0.717, 1.165) is 28.4 Å². The highest BCUT2D eigenvalue weighted by molar-refractivity contribution is 8.78. The molecule has 0 spiro atoms. The van der Waals surface area contributed by atoms with E-state index in [1.54, 1.807) is 60.7 Å². The Morgan fingerprint density at radius 2 is 0.868 bits per heavy atom. The van der Waals surface area contributed by atoms with Gasteiger partial charge in [0, 0.05) is 12.8 Å². The molecule has 0 radical (unpaired) electrons. The Labute approximate surface area is 239 Å². The van der Waals surface area contributed by atoms with Gasteiger partial charge in [-0.25, -0.2) is 19.2 Å². The maximum Gasteiger partial charge on any atom is 0.334 e. The second-order valence-corrected chi connectivity index (χ2v) is 11.7. The molecule has 2 atom stereocenters. The number of rotatable bonds is 13. The maximum atomic E-state index is 13.2. The number of carbonyl (C=O) groups is 4. The first-order valence-electron chi connectivity index (χ1n) is 11.2. The molecule has 12 heteroatoms. The van der Waals surface area contributed by atoms with Crippen LogP contribution in [0.3, 0.4) is 0 Å². The van der Waals surface area contributed by atoms with Gasteiger partial charge in [-0.3, -0.25) is 0 Å². The summed E-state index contributed by atoms with van der Waals surface area (Å²) in [6.45, 7) is 0. The Balaban J connectivity index is 2.57. The molecule has 0 aliphatic carbocycles. The lowest BCUT2D eigenvalue weighted by Crippen LogP contribution is -2.49. The highest BCUT2D eigenvalue weighted by Gasteiger charge is 2.57.